The molecule has 0 fully saturated rings. The van der Waals surface area contributed by atoms with E-state index in [-0.39, 0.29) is 110 Å². The molecule has 0 aliphatic carbocycles. The maximum atomic E-state index is 10.6. The van der Waals surface area contributed by atoms with Crippen LogP contribution in [0.2, 0.25) is 0 Å². The van der Waals surface area contributed by atoms with Crippen LogP contribution in [0.25, 0.3) is 0 Å². The van der Waals surface area contributed by atoms with Crippen molar-refractivity contribution < 1.29 is 54.6 Å². The molecule has 0 saturated heterocycles. The summed E-state index contributed by atoms with van der Waals surface area (Å²) in [5.74, 6) is -4.91. The Labute approximate surface area is 227 Å². The Morgan fingerprint density at radius 1 is 0.519 bits per heavy atom. The van der Waals surface area contributed by atoms with E-state index in [2.05, 4.69) is 0 Å². The van der Waals surface area contributed by atoms with Crippen molar-refractivity contribution in [2.24, 2.45) is 0 Å². The SMILES string of the molecule is O=C(O)CN(CCN(CC(=O)O)CC(=O)O)CC(=O)O.O=C(O)O.[CaH2].[NaH].[NaH]. The van der Waals surface area contributed by atoms with E-state index in [1.54, 1.807) is 0 Å². The quantitative estimate of drug-likeness (QED) is 0.168. The Hall–Kier alpha value is 0.330. The molecule has 0 aliphatic heterocycles. The van der Waals surface area contributed by atoms with Gasteiger partial charge in [0.25, 0.3) is 0 Å². The number of carboxylic acids is 4. The second-order valence-corrected chi connectivity index (χ2v) is 4.28. The molecule has 0 aromatic heterocycles. The average molecular weight is 444 g/mol. The molecule has 27 heavy (non-hydrogen) atoms. The van der Waals surface area contributed by atoms with Crippen molar-refractivity contribution in [2.45, 2.75) is 0 Å². The first kappa shape index (κ1) is 38.0. The van der Waals surface area contributed by atoms with Crippen molar-refractivity contribution in [3.63, 3.8) is 0 Å². The van der Waals surface area contributed by atoms with Crippen LogP contribution in [0, 0.1) is 0 Å². The van der Waals surface area contributed by atoms with Gasteiger partial charge >= 0.3 is 127 Å². The van der Waals surface area contributed by atoms with Crippen LogP contribution in [0.15, 0.2) is 0 Å². The first-order valence-corrected chi connectivity index (χ1v) is 6.17. The molecule has 13 nitrogen and oxygen atoms in total. The molecule has 0 bridgehead atoms. The predicted octanol–water partition coefficient (Wildman–Crippen LogP) is -4.06. The molecule has 146 valence electrons. The van der Waals surface area contributed by atoms with Gasteiger partial charge in [-0.25, -0.2) is 4.79 Å². The van der Waals surface area contributed by atoms with Crippen LogP contribution in [0.4, 0.5) is 4.79 Å². The van der Waals surface area contributed by atoms with Crippen molar-refractivity contribution in [3.05, 3.63) is 0 Å². The summed E-state index contributed by atoms with van der Waals surface area (Å²) in [5, 5.41) is 48.4. The van der Waals surface area contributed by atoms with Crippen molar-refractivity contribution in [1.82, 2.24) is 9.80 Å². The van der Waals surface area contributed by atoms with Gasteiger partial charge in [0.1, 0.15) is 0 Å². The molecule has 0 amide bonds. The summed E-state index contributed by atoms with van der Waals surface area (Å²) in [4.78, 5) is 52.9. The Morgan fingerprint density at radius 2 is 0.667 bits per heavy atom. The standard InChI is InChI=1S/C10H16N2O8.CH2O3.Ca.2Na.4H/c13-7(14)3-11(4-8(15)16)1-2-12(5-9(17)18)6-10(19)20;2-1(3)4;;;;;;;/h1-6H2,(H,13,14)(H,15,16)(H,17,18)(H,19,20);(H2,2,3,4);;;;;;;. The average Bonchev–Trinajstić information content (AvgIpc) is 2.32. The van der Waals surface area contributed by atoms with Crippen molar-refractivity contribution in [2.75, 3.05) is 39.3 Å². The Kier molecular flexibility index (Phi) is 31.8. The summed E-state index contributed by atoms with van der Waals surface area (Å²) in [6.45, 7) is -2.25. The minimum absolute atomic E-state index is 0. The van der Waals surface area contributed by atoms with E-state index in [0.29, 0.717) is 0 Å². The minimum atomic E-state index is -1.83. The van der Waals surface area contributed by atoms with E-state index in [9.17, 15) is 19.2 Å². The van der Waals surface area contributed by atoms with Gasteiger partial charge < -0.3 is 30.6 Å². The Bertz CT molecular complexity index is 409. The van der Waals surface area contributed by atoms with Crippen LogP contribution >= 0.6 is 0 Å². The van der Waals surface area contributed by atoms with Crippen LogP contribution in [0.3, 0.4) is 0 Å². The van der Waals surface area contributed by atoms with Crippen molar-refractivity contribution in [1.29, 1.82) is 0 Å². The molecular weight excluding hydrogens is 422 g/mol. The second kappa shape index (κ2) is 22.6. The number of aliphatic carboxylic acids is 4. The maximum absolute atomic E-state index is 10.6. The first-order chi connectivity index (χ1) is 10.9. The van der Waals surface area contributed by atoms with Crippen LogP contribution < -0.4 is 0 Å². The van der Waals surface area contributed by atoms with E-state index < -0.39 is 56.2 Å². The van der Waals surface area contributed by atoms with Crippen LogP contribution in [-0.4, -0.2) is 207 Å². The molecule has 0 unspecified atom stereocenters. The van der Waals surface area contributed by atoms with Gasteiger partial charge in [0, 0.05) is 13.1 Å². The number of hydrogen-bond donors (Lipinski definition) is 6. The topological polar surface area (TPSA) is 213 Å². The molecule has 0 heterocycles. The third kappa shape index (κ3) is 34.3. The van der Waals surface area contributed by atoms with Crippen LogP contribution in [-0.2, 0) is 19.2 Å². The summed E-state index contributed by atoms with van der Waals surface area (Å²) >= 11 is 0. The fourth-order valence-electron chi connectivity index (χ4n) is 1.48. The fraction of sp³-hybridized carbons (Fsp3) is 0.545. The normalized spacial score (nSPS) is 8.81. The van der Waals surface area contributed by atoms with E-state index in [1.807, 2.05) is 0 Å². The van der Waals surface area contributed by atoms with Gasteiger partial charge in [0.15, 0.2) is 0 Å². The summed E-state index contributed by atoms with van der Waals surface area (Å²) < 4.78 is 0. The zero-order chi connectivity index (χ0) is 19.3. The number of carboxylic acid groups (broad SMARTS) is 6. The third-order valence-corrected chi connectivity index (χ3v) is 2.17. The molecule has 0 rings (SSSR count). The zero-order valence-corrected chi connectivity index (χ0v) is 12.4. The number of nitrogens with zero attached hydrogens (tertiary/aromatic N) is 2. The summed E-state index contributed by atoms with van der Waals surface area (Å²) in [7, 11) is 0. The first-order valence-electron chi connectivity index (χ1n) is 6.17. The molecule has 0 atom stereocenters. The van der Waals surface area contributed by atoms with E-state index in [0.717, 1.165) is 9.80 Å². The van der Waals surface area contributed by atoms with Gasteiger partial charge in [-0.15, -0.1) is 0 Å². The number of rotatable bonds is 11. The number of carbonyl (C=O) groups is 5. The van der Waals surface area contributed by atoms with Gasteiger partial charge in [-0.05, 0) is 0 Å². The zero-order valence-electron chi connectivity index (χ0n) is 12.4. The third-order valence-electron chi connectivity index (χ3n) is 2.17. The molecule has 0 aromatic carbocycles. The van der Waals surface area contributed by atoms with Gasteiger partial charge in [0.2, 0.25) is 0 Å². The van der Waals surface area contributed by atoms with Crippen molar-refractivity contribution in [3.8, 4) is 0 Å². The monoisotopic (exact) mass is 444 g/mol. The molecule has 6 N–H and O–H groups in total. The molecule has 16 heteroatoms. The molecule has 0 spiro atoms. The molecule has 0 radical (unpaired) electrons. The van der Waals surface area contributed by atoms with Gasteiger partial charge in [-0.2, -0.15) is 0 Å². The van der Waals surface area contributed by atoms with Gasteiger partial charge in [-0.3, -0.25) is 29.0 Å². The molecule has 0 saturated carbocycles. The van der Waals surface area contributed by atoms with Gasteiger partial charge in [-0.1, -0.05) is 0 Å². The van der Waals surface area contributed by atoms with Crippen LogP contribution in [0.5, 0.6) is 0 Å². The summed E-state index contributed by atoms with van der Waals surface area (Å²) in [6.07, 6.45) is -1.83. The van der Waals surface area contributed by atoms with E-state index in [4.69, 9.17) is 35.4 Å². The summed E-state index contributed by atoms with van der Waals surface area (Å²) in [5.41, 5.74) is 0. The Balaban J connectivity index is -0.000000209. The Morgan fingerprint density at radius 3 is 0.778 bits per heavy atom. The van der Waals surface area contributed by atoms with Gasteiger partial charge in [0.05, 0.1) is 26.2 Å². The number of hydrogen-bond acceptors (Lipinski definition) is 7. The molecule has 0 aliphatic rings. The second-order valence-electron chi connectivity index (χ2n) is 4.28. The van der Waals surface area contributed by atoms with Crippen molar-refractivity contribution >= 4 is 127 Å². The molecule has 0 aromatic rings. The van der Waals surface area contributed by atoms with E-state index in [1.165, 1.54) is 0 Å². The summed E-state index contributed by atoms with van der Waals surface area (Å²) in [6, 6.07) is 0. The predicted molar refractivity (Wildman–Crippen MR) is 96.9 cm³/mol. The fourth-order valence-corrected chi connectivity index (χ4v) is 1.48. The molecular formula is C11H22CaN2Na2O11. The van der Waals surface area contributed by atoms with Crippen LogP contribution in [0.1, 0.15) is 0 Å². The van der Waals surface area contributed by atoms with E-state index >= 15 is 0 Å².